The summed E-state index contributed by atoms with van der Waals surface area (Å²) < 4.78 is 5.35. The number of nitrogens with zero attached hydrogens (tertiary/aromatic N) is 1. The number of hydrogen-bond acceptors (Lipinski definition) is 3. The number of hydrogen-bond donors (Lipinski definition) is 1. The van der Waals surface area contributed by atoms with E-state index in [1.54, 1.807) is 13.3 Å². The van der Waals surface area contributed by atoms with E-state index >= 15 is 0 Å². The van der Waals surface area contributed by atoms with E-state index in [9.17, 15) is 0 Å². The number of benzene rings is 2. The predicted octanol–water partition coefficient (Wildman–Crippen LogP) is 3.49. The van der Waals surface area contributed by atoms with E-state index in [0.717, 1.165) is 33.5 Å². The van der Waals surface area contributed by atoms with Crippen LogP contribution in [0, 0.1) is 0 Å². The number of methoxy groups -OCH3 is 1. The fourth-order valence-corrected chi connectivity index (χ4v) is 2.29. The molecule has 94 valence electrons. The first-order chi connectivity index (χ1) is 9.31. The standard InChI is InChI=1S/C16H14N2O/c1-19-15-9-8-11(12-5-2-3-7-14(12)17)13-6-4-10-18-16(13)15/h2-10H,17H2,1H3. The van der Waals surface area contributed by atoms with Crippen LogP contribution in [0.5, 0.6) is 5.75 Å². The van der Waals surface area contributed by atoms with Gasteiger partial charge in [0.2, 0.25) is 0 Å². The van der Waals surface area contributed by atoms with Crippen LogP contribution in [0.1, 0.15) is 0 Å². The number of fused-ring (bicyclic) bond motifs is 1. The monoisotopic (exact) mass is 250 g/mol. The lowest BCUT2D eigenvalue weighted by Crippen LogP contribution is -1.93. The van der Waals surface area contributed by atoms with Crippen LogP contribution in [0.3, 0.4) is 0 Å². The van der Waals surface area contributed by atoms with Crippen molar-refractivity contribution in [1.29, 1.82) is 0 Å². The van der Waals surface area contributed by atoms with Crippen molar-refractivity contribution < 1.29 is 4.74 Å². The van der Waals surface area contributed by atoms with E-state index in [4.69, 9.17) is 10.5 Å². The maximum Gasteiger partial charge on any atom is 0.145 e. The molecular formula is C16H14N2O. The Morgan fingerprint density at radius 3 is 2.58 bits per heavy atom. The van der Waals surface area contributed by atoms with Gasteiger partial charge in [-0.05, 0) is 29.8 Å². The maximum atomic E-state index is 6.06. The number of ether oxygens (including phenoxy) is 1. The van der Waals surface area contributed by atoms with Gasteiger partial charge in [-0.15, -0.1) is 0 Å². The lowest BCUT2D eigenvalue weighted by molar-refractivity contribution is 0.419. The molecular weight excluding hydrogens is 236 g/mol. The van der Waals surface area contributed by atoms with Gasteiger partial charge < -0.3 is 10.5 Å². The molecule has 3 aromatic rings. The van der Waals surface area contributed by atoms with Crippen LogP contribution >= 0.6 is 0 Å². The van der Waals surface area contributed by atoms with Crippen LogP contribution in [0.2, 0.25) is 0 Å². The summed E-state index contributed by atoms with van der Waals surface area (Å²) in [5.41, 5.74) is 9.77. The largest absolute Gasteiger partial charge is 0.494 e. The van der Waals surface area contributed by atoms with Crippen LogP contribution in [0.15, 0.2) is 54.7 Å². The third kappa shape index (κ3) is 1.89. The van der Waals surface area contributed by atoms with Gasteiger partial charge in [0.25, 0.3) is 0 Å². The molecule has 0 atom stereocenters. The molecule has 1 heterocycles. The van der Waals surface area contributed by atoms with Gasteiger partial charge in [0.15, 0.2) is 0 Å². The Hall–Kier alpha value is -2.55. The van der Waals surface area contributed by atoms with Crippen molar-refractivity contribution in [1.82, 2.24) is 4.98 Å². The summed E-state index contributed by atoms with van der Waals surface area (Å²) in [6, 6.07) is 15.7. The average Bonchev–Trinajstić information content (AvgIpc) is 2.47. The van der Waals surface area contributed by atoms with Crippen molar-refractivity contribution in [2.24, 2.45) is 0 Å². The lowest BCUT2D eigenvalue weighted by Gasteiger charge is -2.11. The fraction of sp³-hybridized carbons (Fsp3) is 0.0625. The molecule has 2 N–H and O–H groups in total. The molecule has 0 aliphatic rings. The highest BCUT2D eigenvalue weighted by Crippen LogP contribution is 2.35. The van der Waals surface area contributed by atoms with Crippen LogP contribution in [0.4, 0.5) is 5.69 Å². The van der Waals surface area contributed by atoms with Crippen molar-refractivity contribution >= 4 is 16.6 Å². The smallest absolute Gasteiger partial charge is 0.145 e. The SMILES string of the molecule is COc1ccc(-c2ccccc2N)c2cccnc12. The van der Waals surface area contributed by atoms with E-state index in [1.807, 2.05) is 48.5 Å². The summed E-state index contributed by atoms with van der Waals surface area (Å²) in [6.07, 6.45) is 1.77. The zero-order chi connectivity index (χ0) is 13.2. The van der Waals surface area contributed by atoms with Crippen molar-refractivity contribution in [2.45, 2.75) is 0 Å². The minimum Gasteiger partial charge on any atom is -0.494 e. The summed E-state index contributed by atoms with van der Waals surface area (Å²) >= 11 is 0. The van der Waals surface area contributed by atoms with Crippen LogP contribution < -0.4 is 10.5 Å². The molecule has 0 radical (unpaired) electrons. The number of nitrogens with two attached hydrogens (primary N) is 1. The van der Waals surface area contributed by atoms with Gasteiger partial charge in [0.05, 0.1) is 7.11 Å². The number of aromatic nitrogens is 1. The Morgan fingerprint density at radius 1 is 0.947 bits per heavy atom. The van der Waals surface area contributed by atoms with Crippen molar-refractivity contribution in [3.05, 3.63) is 54.7 Å². The van der Waals surface area contributed by atoms with E-state index in [1.165, 1.54) is 0 Å². The van der Waals surface area contributed by atoms with Gasteiger partial charge in [-0.2, -0.15) is 0 Å². The topological polar surface area (TPSA) is 48.1 Å². The Kier molecular flexibility index (Phi) is 2.80. The third-order valence-electron chi connectivity index (χ3n) is 3.20. The first-order valence-electron chi connectivity index (χ1n) is 6.08. The summed E-state index contributed by atoms with van der Waals surface area (Å²) in [7, 11) is 1.65. The molecule has 0 aliphatic heterocycles. The highest BCUT2D eigenvalue weighted by atomic mass is 16.5. The molecule has 3 nitrogen and oxygen atoms in total. The molecule has 0 unspecified atom stereocenters. The normalized spacial score (nSPS) is 10.6. The molecule has 3 heteroatoms. The quantitative estimate of drug-likeness (QED) is 0.708. The van der Waals surface area contributed by atoms with Gasteiger partial charge in [-0.1, -0.05) is 24.3 Å². The molecule has 0 aliphatic carbocycles. The Labute approximate surface area is 111 Å². The zero-order valence-electron chi connectivity index (χ0n) is 10.6. The second kappa shape index (κ2) is 4.61. The molecule has 0 bridgehead atoms. The summed E-state index contributed by atoms with van der Waals surface area (Å²) in [4.78, 5) is 4.40. The van der Waals surface area contributed by atoms with E-state index in [2.05, 4.69) is 4.98 Å². The first-order valence-corrected chi connectivity index (χ1v) is 6.08. The first kappa shape index (κ1) is 11.5. The van der Waals surface area contributed by atoms with Crippen molar-refractivity contribution in [2.75, 3.05) is 12.8 Å². The molecule has 0 saturated carbocycles. The summed E-state index contributed by atoms with van der Waals surface area (Å²) in [5, 5.41) is 1.04. The highest BCUT2D eigenvalue weighted by Gasteiger charge is 2.10. The molecule has 0 fully saturated rings. The average molecular weight is 250 g/mol. The lowest BCUT2D eigenvalue weighted by atomic mass is 9.99. The number of rotatable bonds is 2. The number of nitrogen functional groups attached to an aromatic ring is 1. The minimum absolute atomic E-state index is 0.762. The van der Waals surface area contributed by atoms with Gasteiger partial charge in [0, 0.05) is 22.8 Å². The fourth-order valence-electron chi connectivity index (χ4n) is 2.29. The number of pyridine rings is 1. The van der Waals surface area contributed by atoms with Gasteiger partial charge in [0.1, 0.15) is 11.3 Å². The Morgan fingerprint density at radius 2 is 1.79 bits per heavy atom. The van der Waals surface area contributed by atoms with E-state index in [0.29, 0.717) is 0 Å². The van der Waals surface area contributed by atoms with Crippen LogP contribution in [0.25, 0.3) is 22.0 Å². The van der Waals surface area contributed by atoms with Crippen molar-refractivity contribution in [3.8, 4) is 16.9 Å². The van der Waals surface area contributed by atoms with Crippen LogP contribution in [-0.4, -0.2) is 12.1 Å². The second-order valence-electron chi connectivity index (χ2n) is 4.30. The predicted molar refractivity (Wildman–Crippen MR) is 78.1 cm³/mol. The van der Waals surface area contributed by atoms with E-state index < -0.39 is 0 Å². The molecule has 2 aromatic carbocycles. The molecule has 1 aromatic heterocycles. The molecule has 0 spiro atoms. The summed E-state index contributed by atoms with van der Waals surface area (Å²) in [6.45, 7) is 0. The molecule has 0 saturated heterocycles. The molecule has 0 amide bonds. The summed E-state index contributed by atoms with van der Waals surface area (Å²) in [5.74, 6) is 0.772. The Balaban J connectivity index is 2.35. The maximum absolute atomic E-state index is 6.06. The zero-order valence-corrected chi connectivity index (χ0v) is 10.6. The second-order valence-corrected chi connectivity index (χ2v) is 4.30. The highest BCUT2D eigenvalue weighted by molar-refractivity contribution is 6.00. The molecule has 3 rings (SSSR count). The van der Waals surface area contributed by atoms with Crippen molar-refractivity contribution in [3.63, 3.8) is 0 Å². The number of para-hydroxylation sites is 1. The van der Waals surface area contributed by atoms with E-state index in [-0.39, 0.29) is 0 Å². The minimum atomic E-state index is 0.762. The van der Waals surface area contributed by atoms with Crippen LogP contribution in [-0.2, 0) is 0 Å². The number of anilines is 1. The third-order valence-corrected chi connectivity index (χ3v) is 3.20. The Bertz CT molecular complexity index is 738. The van der Waals surface area contributed by atoms with Gasteiger partial charge in [-0.25, -0.2) is 0 Å². The van der Waals surface area contributed by atoms with Gasteiger partial charge >= 0.3 is 0 Å². The molecule has 19 heavy (non-hydrogen) atoms. The van der Waals surface area contributed by atoms with Gasteiger partial charge in [-0.3, -0.25) is 4.98 Å².